The van der Waals surface area contributed by atoms with Gasteiger partial charge in [-0.3, -0.25) is 14.2 Å². The molecule has 0 radical (unpaired) electrons. The fourth-order valence-corrected chi connectivity index (χ4v) is 5.09. The Bertz CT molecular complexity index is 1460. The Hall–Kier alpha value is -3.62. The summed E-state index contributed by atoms with van der Waals surface area (Å²) in [6.07, 6.45) is 1.44. The molecule has 2 aromatic carbocycles. The van der Waals surface area contributed by atoms with E-state index in [1.807, 2.05) is 71.4 Å². The third-order valence-corrected chi connectivity index (χ3v) is 6.85. The Morgan fingerprint density at radius 1 is 0.969 bits per heavy atom. The molecule has 6 nitrogen and oxygen atoms in total. The van der Waals surface area contributed by atoms with Crippen molar-refractivity contribution in [2.45, 2.75) is 13.0 Å². The summed E-state index contributed by atoms with van der Waals surface area (Å²) in [5.41, 5.74) is 3.32. The van der Waals surface area contributed by atoms with Gasteiger partial charge in [-0.1, -0.05) is 60.7 Å². The average molecular weight is 459 g/mol. The largest absolute Gasteiger partial charge is 0.300 e. The SMILES string of the molecule is CC(C(=O)Nc1nc(-c2ccccc2)cs1)n1cnc2scc(-c3ccccc3)c2c1=O. The number of fused-ring (bicyclic) bond motifs is 1. The molecule has 0 spiro atoms. The minimum atomic E-state index is -0.744. The van der Waals surface area contributed by atoms with Crippen molar-refractivity contribution in [1.82, 2.24) is 14.5 Å². The first kappa shape index (κ1) is 20.3. The Balaban J connectivity index is 1.43. The maximum absolute atomic E-state index is 13.3. The molecule has 3 aromatic heterocycles. The van der Waals surface area contributed by atoms with Crippen molar-refractivity contribution < 1.29 is 4.79 Å². The Morgan fingerprint density at radius 2 is 1.66 bits per heavy atom. The van der Waals surface area contributed by atoms with Crippen LogP contribution in [0.4, 0.5) is 5.13 Å². The lowest BCUT2D eigenvalue weighted by Crippen LogP contribution is -2.31. The molecule has 5 rings (SSSR count). The number of thiophene rings is 1. The molecular weight excluding hydrogens is 440 g/mol. The maximum atomic E-state index is 13.3. The van der Waals surface area contributed by atoms with E-state index < -0.39 is 6.04 Å². The van der Waals surface area contributed by atoms with E-state index in [9.17, 15) is 9.59 Å². The van der Waals surface area contributed by atoms with Crippen molar-refractivity contribution in [1.29, 1.82) is 0 Å². The van der Waals surface area contributed by atoms with Crippen LogP contribution in [0.1, 0.15) is 13.0 Å². The second-order valence-corrected chi connectivity index (χ2v) is 8.94. The lowest BCUT2D eigenvalue weighted by Gasteiger charge is -2.14. The average Bonchev–Trinajstić information content (AvgIpc) is 3.48. The fourth-order valence-electron chi connectivity index (χ4n) is 3.46. The van der Waals surface area contributed by atoms with Gasteiger partial charge in [-0.25, -0.2) is 9.97 Å². The van der Waals surface area contributed by atoms with Crippen LogP contribution in [0.5, 0.6) is 0 Å². The van der Waals surface area contributed by atoms with Crippen LogP contribution in [0.15, 0.2) is 82.5 Å². The van der Waals surface area contributed by atoms with Gasteiger partial charge in [0.15, 0.2) is 5.13 Å². The normalized spacial score (nSPS) is 12.0. The third-order valence-electron chi connectivity index (χ3n) is 5.20. The minimum Gasteiger partial charge on any atom is -0.300 e. The number of anilines is 1. The Labute approximate surface area is 191 Å². The van der Waals surface area contributed by atoms with Gasteiger partial charge in [0, 0.05) is 21.9 Å². The minimum absolute atomic E-state index is 0.234. The highest BCUT2D eigenvalue weighted by molar-refractivity contribution is 7.17. The maximum Gasteiger partial charge on any atom is 0.263 e. The van der Waals surface area contributed by atoms with E-state index in [0.717, 1.165) is 22.4 Å². The van der Waals surface area contributed by atoms with Gasteiger partial charge < -0.3 is 5.32 Å². The molecule has 0 aliphatic heterocycles. The lowest BCUT2D eigenvalue weighted by molar-refractivity contribution is -0.118. The van der Waals surface area contributed by atoms with E-state index in [1.165, 1.54) is 33.6 Å². The highest BCUT2D eigenvalue weighted by Crippen LogP contribution is 2.31. The molecule has 5 aromatic rings. The topological polar surface area (TPSA) is 76.9 Å². The van der Waals surface area contributed by atoms with Gasteiger partial charge in [-0.2, -0.15) is 0 Å². The monoisotopic (exact) mass is 458 g/mol. The van der Waals surface area contributed by atoms with Gasteiger partial charge in [0.1, 0.15) is 10.9 Å². The molecule has 1 N–H and O–H groups in total. The number of thiazole rings is 1. The summed E-state index contributed by atoms with van der Waals surface area (Å²) in [6, 6.07) is 18.7. The van der Waals surface area contributed by atoms with Crippen LogP contribution in [-0.2, 0) is 4.79 Å². The third kappa shape index (κ3) is 3.74. The van der Waals surface area contributed by atoms with E-state index in [1.54, 1.807) is 6.92 Å². The van der Waals surface area contributed by atoms with Gasteiger partial charge in [-0.05, 0) is 12.5 Å². The van der Waals surface area contributed by atoms with Crippen LogP contribution < -0.4 is 10.9 Å². The summed E-state index contributed by atoms with van der Waals surface area (Å²) in [4.78, 5) is 35.8. The Morgan fingerprint density at radius 3 is 2.38 bits per heavy atom. The number of aromatic nitrogens is 3. The van der Waals surface area contributed by atoms with Crippen LogP contribution in [0.25, 0.3) is 32.6 Å². The van der Waals surface area contributed by atoms with Crippen LogP contribution in [0, 0.1) is 0 Å². The zero-order valence-corrected chi connectivity index (χ0v) is 18.7. The summed E-state index contributed by atoms with van der Waals surface area (Å²) < 4.78 is 1.38. The van der Waals surface area contributed by atoms with Gasteiger partial charge in [-0.15, -0.1) is 22.7 Å². The molecule has 1 unspecified atom stereocenters. The van der Waals surface area contributed by atoms with Gasteiger partial charge in [0.05, 0.1) is 17.4 Å². The number of carbonyl (C=O) groups excluding carboxylic acids is 1. The molecule has 8 heteroatoms. The van der Waals surface area contributed by atoms with E-state index in [4.69, 9.17) is 0 Å². The molecule has 0 aliphatic carbocycles. The van der Waals surface area contributed by atoms with Gasteiger partial charge in [0.25, 0.3) is 5.56 Å². The number of nitrogens with one attached hydrogen (secondary N) is 1. The number of rotatable bonds is 5. The molecule has 1 amide bonds. The molecule has 32 heavy (non-hydrogen) atoms. The number of hydrogen-bond acceptors (Lipinski definition) is 6. The van der Waals surface area contributed by atoms with Crippen LogP contribution in [0.2, 0.25) is 0 Å². The highest BCUT2D eigenvalue weighted by atomic mass is 32.1. The standard InChI is InChI=1S/C24H18N4O2S2/c1-15(21(29)27-24-26-19(13-32-24)17-10-6-3-7-11-17)28-14-25-22-20(23(28)30)18(12-31-22)16-8-4-2-5-9-16/h2-15H,1H3,(H,26,27,29). The van der Waals surface area contributed by atoms with Gasteiger partial charge in [0.2, 0.25) is 5.91 Å². The van der Waals surface area contributed by atoms with Crippen molar-refractivity contribution in [3.05, 3.63) is 88.1 Å². The van der Waals surface area contributed by atoms with E-state index in [-0.39, 0.29) is 11.5 Å². The number of carbonyl (C=O) groups is 1. The van der Waals surface area contributed by atoms with Crippen molar-refractivity contribution in [3.63, 3.8) is 0 Å². The molecule has 0 aliphatic rings. The van der Waals surface area contributed by atoms with Crippen molar-refractivity contribution in [2.24, 2.45) is 0 Å². The number of nitrogens with zero attached hydrogens (tertiary/aromatic N) is 3. The highest BCUT2D eigenvalue weighted by Gasteiger charge is 2.21. The number of hydrogen-bond donors (Lipinski definition) is 1. The molecule has 0 fully saturated rings. The van der Waals surface area contributed by atoms with Gasteiger partial charge >= 0.3 is 0 Å². The predicted octanol–water partition coefficient (Wildman–Crippen LogP) is 5.45. The smallest absolute Gasteiger partial charge is 0.263 e. The van der Waals surface area contributed by atoms with Crippen molar-refractivity contribution in [3.8, 4) is 22.4 Å². The molecule has 3 heterocycles. The van der Waals surface area contributed by atoms with Crippen LogP contribution in [0.3, 0.4) is 0 Å². The second-order valence-electron chi connectivity index (χ2n) is 7.22. The van der Waals surface area contributed by atoms with Crippen LogP contribution in [-0.4, -0.2) is 20.4 Å². The first-order chi connectivity index (χ1) is 15.6. The quantitative estimate of drug-likeness (QED) is 0.380. The summed E-state index contributed by atoms with van der Waals surface area (Å²) in [6.45, 7) is 1.69. The lowest BCUT2D eigenvalue weighted by atomic mass is 10.1. The second kappa shape index (κ2) is 8.49. The van der Waals surface area contributed by atoms with Crippen molar-refractivity contribution >= 4 is 43.9 Å². The number of benzene rings is 2. The van der Waals surface area contributed by atoms with Crippen molar-refractivity contribution in [2.75, 3.05) is 5.32 Å². The zero-order valence-electron chi connectivity index (χ0n) is 17.1. The molecule has 0 saturated heterocycles. The van der Waals surface area contributed by atoms with E-state index in [0.29, 0.717) is 15.3 Å². The Kier molecular flexibility index (Phi) is 5.38. The summed E-state index contributed by atoms with van der Waals surface area (Å²) in [5, 5.41) is 7.68. The fraction of sp³-hybridized carbons (Fsp3) is 0.0833. The molecule has 1 atom stereocenters. The summed E-state index contributed by atoms with van der Waals surface area (Å²) in [7, 11) is 0. The summed E-state index contributed by atoms with van der Waals surface area (Å²) in [5.74, 6) is -0.321. The van der Waals surface area contributed by atoms with Crippen LogP contribution >= 0.6 is 22.7 Å². The zero-order chi connectivity index (χ0) is 22.1. The molecule has 0 bridgehead atoms. The first-order valence-electron chi connectivity index (χ1n) is 9.97. The van der Waals surface area contributed by atoms with E-state index >= 15 is 0 Å². The van der Waals surface area contributed by atoms with E-state index in [2.05, 4.69) is 15.3 Å². The predicted molar refractivity (Wildman–Crippen MR) is 130 cm³/mol. The molecule has 0 saturated carbocycles. The molecule has 158 valence electrons. The first-order valence-corrected chi connectivity index (χ1v) is 11.7. The number of amides is 1. The molecular formula is C24H18N4O2S2. The summed E-state index contributed by atoms with van der Waals surface area (Å²) >= 11 is 2.77.